The second kappa shape index (κ2) is 7.12. The molecular weight excluding hydrogens is 224 g/mol. The van der Waals surface area contributed by atoms with E-state index in [-0.39, 0.29) is 6.03 Å². The number of anilines is 1. The maximum Gasteiger partial charge on any atom is 0.323 e. The van der Waals surface area contributed by atoms with Crippen molar-refractivity contribution in [3.8, 4) is 0 Å². The fourth-order valence-corrected chi connectivity index (χ4v) is 1.36. The Bertz CT molecular complexity index is 461. The van der Waals surface area contributed by atoms with Crippen LogP contribution in [-0.2, 0) is 0 Å². The van der Waals surface area contributed by atoms with Gasteiger partial charge in [0, 0.05) is 11.4 Å². The summed E-state index contributed by atoms with van der Waals surface area (Å²) in [5.41, 5.74) is 2.29. The van der Waals surface area contributed by atoms with Crippen molar-refractivity contribution in [2.24, 2.45) is 0 Å². The van der Waals surface area contributed by atoms with Crippen LogP contribution in [0, 0.1) is 0 Å². The lowest BCUT2D eigenvalue weighted by Crippen LogP contribution is -2.28. The van der Waals surface area contributed by atoms with Gasteiger partial charge < -0.3 is 10.6 Å². The molecule has 18 heavy (non-hydrogen) atoms. The number of allylic oxidation sites excluding steroid dienone is 3. The van der Waals surface area contributed by atoms with E-state index in [0.717, 1.165) is 17.7 Å². The monoisotopic (exact) mass is 242 g/mol. The van der Waals surface area contributed by atoms with Gasteiger partial charge in [0.05, 0.1) is 0 Å². The van der Waals surface area contributed by atoms with Crippen molar-refractivity contribution in [2.45, 2.75) is 13.3 Å². The summed E-state index contributed by atoms with van der Waals surface area (Å²) in [6, 6.07) is 8.98. The Balaban J connectivity index is 2.65. The van der Waals surface area contributed by atoms with Crippen LogP contribution in [0.15, 0.2) is 66.9 Å². The second-order valence-corrected chi connectivity index (χ2v) is 3.72. The first kappa shape index (κ1) is 13.8. The number of hydrogen-bond donors (Lipinski definition) is 2. The summed E-state index contributed by atoms with van der Waals surface area (Å²) >= 11 is 0. The molecule has 0 aliphatic carbocycles. The second-order valence-electron chi connectivity index (χ2n) is 3.72. The maximum absolute atomic E-state index is 11.8. The summed E-state index contributed by atoms with van der Waals surface area (Å²) in [5, 5.41) is 5.50. The molecule has 0 fully saturated rings. The molecule has 94 valence electrons. The number of hydrogen-bond acceptors (Lipinski definition) is 1. The molecule has 1 rings (SSSR count). The van der Waals surface area contributed by atoms with Gasteiger partial charge in [0.2, 0.25) is 0 Å². The largest absolute Gasteiger partial charge is 0.323 e. The molecule has 0 atom stereocenters. The SMILES string of the molecule is C=CC=C(NC(=O)Nc1ccccc1)C(=C)CC. The number of benzene rings is 1. The van der Waals surface area contributed by atoms with Crippen molar-refractivity contribution >= 4 is 11.7 Å². The Hall–Kier alpha value is -2.29. The predicted octanol–water partition coefficient (Wildman–Crippen LogP) is 3.84. The topological polar surface area (TPSA) is 41.1 Å². The van der Waals surface area contributed by atoms with Gasteiger partial charge in [0.1, 0.15) is 0 Å². The van der Waals surface area contributed by atoms with Crippen LogP contribution in [0.25, 0.3) is 0 Å². The first-order chi connectivity index (χ1) is 8.67. The van der Waals surface area contributed by atoms with Crippen molar-refractivity contribution in [1.82, 2.24) is 5.32 Å². The molecule has 1 aromatic carbocycles. The smallest absolute Gasteiger partial charge is 0.308 e. The Morgan fingerprint density at radius 1 is 1.33 bits per heavy atom. The number of carbonyl (C=O) groups is 1. The highest BCUT2D eigenvalue weighted by molar-refractivity contribution is 5.90. The minimum Gasteiger partial charge on any atom is -0.308 e. The molecule has 0 spiro atoms. The molecule has 0 aromatic heterocycles. The van der Waals surface area contributed by atoms with Crippen LogP contribution < -0.4 is 10.6 Å². The number of para-hydroxylation sites is 1. The van der Waals surface area contributed by atoms with Crippen LogP contribution in [0.1, 0.15) is 13.3 Å². The van der Waals surface area contributed by atoms with Crippen molar-refractivity contribution in [2.75, 3.05) is 5.32 Å². The van der Waals surface area contributed by atoms with Crippen LogP contribution in [0.5, 0.6) is 0 Å². The van der Waals surface area contributed by atoms with Crippen molar-refractivity contribution < 1.29 is 4.79 Å². The normalized spacial score (nSPS) is 10.6. The lowest BCUT2D eigenvalue weighted by atomic mass is 10.1. The van der Waals surface area contributed by atoms with Gasteiger partial charge in [-0.1, -0.05) is 44.4 Å². The third-order valence-corrected chi connectivity index (χ3v) is 2.37. The lowest BCUT2D eigenvalue weighted by molar-refractivity contribution is 0.254. The molecule has 0 saturated carbocycles. The molecule has 1 aromatic rings. The maximum atomic E-state index is 11.8. The van der Waals surface area contributed by atoms with Crippen molar-refractivity contribution in [3.05, 3.63) is 66.9 Å². The summed E-state index contributed by atoms with van der Waals surface area (Å²) in [4.78, 5) is 11.8. The Morgan fingerprint density at radius 2 is 2.00 bits per heavy atom. The number of nitrogens with one attached hydrogen (secondary N) is 2. The van der Waals surface area contributed by atoms with Crippen LogP contribution >= 0.6 is 0 Å². The van der Waals surface area contributed by atoms with Gasteiger partial charge >= 0.3 is 6.03 Å². The predicted molar refractivity (Wildman–Crippen MR) is 76.3 cm³/mol. The van der Waals surface area contributed by atoms with Gasteiger partial charge in [-0.15, -0.1) is 0 Å². The Labute approximate surface area is 108 Å². The van der Waals surface area contributed by atoms with Crippen LogP contribution in [0.3, 0.4) is 0 Å². The van der Waals surface area contributed by atoms with Crippen molar-refractivity contribution in [1.29, 1.82) is 0 Å². The highest BCUT2D eigenvalue weighted by Crippen LogP contribution is 2.10. The molecule has 0 aliphatic rings. The zero-order valence-electron chi connectivity index (χ0n) is 10.6. The highest BCUT2D eigenvalue weighted by atomic mass is 16.2. The van der Waals surface area contributed by atoms with Gasteiger partial charge in [-0.05, 0) is 30.2 Å². The van der Waals surface area contributed by atoms with E-state index in [9.17, 15) is 4.79 Å². The van der Waals surface area contributed by atoms with E-state index >= 15 is 0 Å². The molecule has 3 heteroatoms. The molecule has 2 N–H and O–H groups in total. The number of carbonyl (C=O) groups excluding carboxylic acids is 1. The molecule has 0 heterocycles. The number of amides is 2. The van der Waals surface area contributed by atoms with E-state index in [2.05, 4.69) is 23.8 Å². The van der Waals surface area contributed by atoms with E-state index in [1.807, 2.05) is 37.3 Å². The van der Waals surface area contributed by atoms with Crippen molar-refractivity contribution in [3.63, 3.8) is 0 Å². The van der Waals surface area contributed by atoms with Crippen LogP contribution in [0.2, 0.25) is 0 Å². The molecule has 2 amide bonds. The van der Waals surface area contributed by atoms with E-state index in [0.29, 0.717) is 5.70 Å². The molecule has 0 bridgehead atoms. The third kappa shape index (κ3) is 4.29. The molecule has 3 nitrogen and oxygen atoms in total. The van der Waals surface area contributed by atoms with Gasteiger partial charge in [0.15, 0.2) is 0 Å². The number of rotatable bonds is 5. The Kier molecular flexibility index (Phi) is 5.45. The summed E-state index contributed by atoms with van der Waals surface area (Å²) in [5.74, 6) is 0. The highest BCUT2D eigenvalue weighted by Gasteiger charge is 2.05. The number of urea groups is 1. The standard InChI is InChI=1S/C15H18N2O/c1-4-9-14(12(3)5-2)17-15(18)16-13-10-7-6-8-11-13/h4,6-11H,1,3,5H2,2H3,(H2,16,17,18). The van der Waals surface area contributed by atoms with Crippen LogP contribution in [0.4, 0.5) is 10.5 Å². The van der Waals surface area contributed by atoms with Gasteiger partial charge in [-0.25, -0.2) is 4.79 Å². The van der Waals surface area contributed by atoms with Gasteiger partial charge in [0.25, 0.3) is 0 Å². The minimum atomic E-state index is -0.288. The first-order valence-corrected chi connectivity index (χ1v) is 5.81. The van der Waals surface area contributed by atoms with E-state index in [4.69, 9.17) is 0 Å². The zero-order valence-corrected chi connectivity index (χ0v) is 10.6. The van der Waals surface area contributed by atoms with Gasteiger partial charge in [-0.3, -0.25) is 0 Å². The van der Waals surface area contributed by atoms with E-state index in [1.165, 1.54) is 0 Å². The summed E-state index contributed by atoms with van der Waals surface area (Å²) in [7, 11) is 0. The average molecular weight is 242 g/mol. The zero-order chi connectivity index (χ0) is 13.4. The van der Waals surface area contributed by atoms with E-state index < -0.39 is 0 Å². The summed E-state index contributed by atoms with van der Waals surface area (Å²) < 4.78 is 0. The fraction of sp³-hybridized carbons (Fsp3) is 0.133. The summed E-state index contributed by atoms with van der Waals surface area (Å²) in [6.45, 7) is 9.50. The quantitative estimate of drug-likeness (QED) is 0.757. The van der Waals surface area contributed by atoms with Crippen LogP contribution in [-0.4, -0.2) is 6.03 Å². The fourth-order valence-electron chi connectivity index (χ4n) is 1.36. The van der Waals surface area contributed by atoms with E-state index in [1.54, 1.807) is 12.2 Å². The molecule has 0 saturated heterocycles. The summed E-state index contributed by atoms with van der Waals surface area (Å²) in [6.07, 6.45) is 4.13. The average Bonchev–Trinajstić information content (AvgIpc) is 2.38. The molecule has 0 aliphatic heterocycles. The molecule has 0 unspecified atom stereocenters. The lowest BCUT2D eigenvalue weighted by Gasteiger charge is -2.12. The Morgan fingerprint density at radius 3 is 2.56 bits per heavy atom. The van der Waals surface area contributed by atoms with Gasteiger partial charge in [-0.2, -0.15) is 0 Å². The molecule has 0 radical (unpaired) electrons. The first-order valence-electron chi connectivity index (χ1n) is 5.81. The molecular formula is C15H18N2O. The minimum absolute atomic E-state index is 0.288. The third-order valence-electron chi connectivity index (χ3n) is 2.37.